The average Bonchev–Trinajstić information content (AvgIpc) is 2.29. The van der Waals surface area contributed by atoms with Gasteiger partial charge in [-0.05, 0) is 32.5 Å². The van der Waals surface area contributed by atoms with E-state index in [-0.39, 0.29) is 5.41 Å². The molecule has 1 heterocycles. The van der Waals surface area contributed by atoms with E-state index in [1.165, 1.54) is 0 Å². The molecule has 0 radical (unpaired) electrons. The van der Waals surface area contributed by atoms with E-state index in [0.717, 1.165) is 19.6 Å². The Morgan fingerprint density at radius 2 is 1.70 bits per heavy atom. The lowest BCUT2D eigenvalue weighted by Gasteiger charge is -2.29. The van der Waals surface area contributed by atoms with Crippen molar-refractivity contribution in [2.24, 2.45) is 5.41 Å². The average molecular weight is 319 g/mol. The van der Waals surface area contributed by atoms with Crippen LogP contribution in [-0.4, -0.2) is 43.6 Å². The van der Waals surface area contributed by atoms with Crippen molar-refractivity contribution in [1.82, 2.24) is 9.88 Å². The second-order valence-electron chi connectivity index (χ2n) is 5.94. The van der Waals surface area contributed by atoms with E-state index in [9.17, 15) is 0 Å². The van der Waals surface area contributed by atoms with E-state index >= 15 is 0 Å². The first kappa shape index (κ1) is 17.3. The van der Waals surface area contributed by atoms with Gasteiger partial charge in [0.1, 0.15) is 11.6 Å². The Morgan fingerprint density at radius 3 is 2.20 bits per heavy atom. The van der Waals surface area contributed by atoms with Crippen molar-refractivity contribution >= 4 is 34.8 Å². The summed E-state index contributed by atoms with van der Waals surface area (Å²) in [5.41, 5.74) is 0.118. The number of nitrogens with one attached hydrogen (secondary N) is 2. The van der Waals surface area contributed by atoms with Gasteiger partial charge < -0.3 is 15.5 Å². The van der Waals surface area contributed by atoms with Crippen LogP contribution < -0.4 is 10.6 Å². The third-order valence-corrected chi connectivity index (χ3v) is 3.33. The third-order valence-electron chi connectivity index (χ3n) is 2.75. The van der Waals surface area contributed by atoms with Gasteiger partial charge in [-0.3, -0.25) is 0 Å². The van der Waals surface area contributed by atoms with E-state index < -0.39 is 0 Å². The van der Waals surface area contributed by atoms with Crippen molar-refractivity contribution in [3.8, 4) is 0 Å². The Bertz CT molecular complexity index is 447. The molecule has 0 amide bonds. The molecule has 0 saturated carbocycles. The normalized spacial score (nSPS) is 11.8. The first-order valence-corrected chi connectivity index (χ1v) is 7.49. The fourth-order valence-corrected chi connectivity index (χ4v) is 2.61. The predicted octanol–water partition coefficient (Wildman–Crippen LogP) is 3.82. The van der Waals surface area contributed by atoms with Crippen LogP contribution in [0.5, 0.6) is 0 Å². The lowest BCUT2D eigenvalue weighted by molar-refractivity contribution is 0.254. The van der Waals surface area contributed by atoms with Gasteiger partial charge in [0.15, 0.2) is 0 Å². The number of anilines is 2. The Balaban J connectivity index is 2.79. The molecule has 2 N–H and O–H groups in total. The highest BCUT2D eigenvalue weighted by Gasteiger charge is 2.19. The molecular weight excluding hydrogens is 295 g/mol. The van der Waals surface area contributed by atoms with Gasteiger partial charge in [0, 0.05) is 19.6 Å². The fraction of sp³-hybridized carbons (Fsp3) is 0.643. The number of halogens is 2. The van der Waals surface area contributed by atoms with E-state index in [1.807, 2.05) is 6.92 Å². The Labute approximate surface area is 131 Å². The fourth-order valence-electron chi connectivity index (χ4n) is 2.12. The van der Waals surface area contributed by atoms with Crippen LogP contribution in [0.25, 0.3) is 0 Å². The maximum absolute atomic E-state index is 6.19. The molecular formula is C14H24Cl2N4. The minimum atomic E-state index is 0.118. The molecule has 6 heteroatoms. The smallest absolute Gasteiger partial charge is 0.147 e. The van der Waals surface area contributed by atoms with Crippen LogP contribution >= 0.6 is 23.2 Å². The zero-order valence-electron chi connectivity index (χ0n) is 12.8. The maximum atomic E-state index is 6.19. The first-order valence-electron chi connectivity index (χ1n) is 6.73. The van der Waals surface area contributed by atoms with Gasteiger partial charge in [-0.2, -0.15) is 0 Å². The summed E-state index contributed by atoms with van der Waals surface area (Å²) in [7, 11) is 4.14. The zero-order valence-corrected chi connectivity index (χ0v) is 14.4. The summed E-state index contributed by atoms with van der Waals surface area (Å²) in [5.74, 6) is 1.32. The third kappa shape index (κ3) is 5.35. The van der Waals surface area contributed by atoms with Crippen LogP contribution in [0.3, 0.4) is 0 Å². The molecule has 1 aromatic heterocycles. The van der Waals surface area contributed by atoms with Crippen molar-refractivity contribution in [3.05, 3.63) is 16.1 Å². The van der Waals surface area contributed by atoms with Crippen molar-refractivity contribution in [1.29, 1.82) is 0 Å². The molecule has 1 aromatic rings. The monoisotopic (exact) mass is 318 g/mol. The summed E-state index contributed by atoms with van der Waals surface area (Å²) in [6, 6.07) is 1.72. The number of hydrogen-bond acceptors (Lipinski definition) is 4. The molecule has 20 heavy (non-hydrogen) atoms. The van der Waals surface area contributed by atoms with Crippen LogP contribution in [0.2, 0.25) is 10.0 Å². The Hall–Kier alpha value is -0.710. The summed E-state index contributed by atoms with van der Waals surface area (Å²) < 4.78 is 0. The van der Waals surface area contributed by atoms with E-state index in [2.05, 4.69) is 48.5 Å². The Kier molecular flexibility index (Phi) is 6.37. The quantitative estimate of drug-likeness (QED) is 0.801. The molecule has 0 saturated heterocycles. The van der Waals surface area contributed by atoms with E-state index in [4.69, 9.17) is 23.2 Å². The molecule has 0 atom stereocenters. The first-order chi connectivity index (χ1) is 9.25. The van der Waals surface area contributed by atoms with Gasteiger partial charge in [-0.25, -0.2) is 4.98 Å². The number of hydrogen-bond donors (Lipinski definition) is 2. The zero-order chi connectivity index (χ0) is 15.3. The van der Waals surface area contributed by atoms with Gasteiger partial charge in [0.25, 0.3) is 0 Å². The number of aromatic nitrogens is 1. The van der Waals surface area contributed by atoms with Crippen LogP contribution in [0, 0.1) is 5.41 Å². The molecule has 0 aromatic carbocycles. The molecule has 0 bridgehead atoms. The summed E-state index contributed by atoms with van der Waals surface area (Å²) in [6.45, 7) is 8.93. The summed E-state index contributed by atoms with van der Waals surface area (Å²) in [4.78, 5) is 6.61. The standard InChI is InChI=1S/C14H24Cl2N4/c1-6-17-12-10(15)7-11(16)13(19-12)18-8-14(2,3)9-20(4)5/h7H,6,8-9H2,1-5H3,(H2,17,18,19). The predicted molar refractivity (Wildman–Crippen MR) is 89.2 cm³/mol. The lowest BCUT2D eigenvalue weighted by Crippen LogP contribution is -2.34. The van der Waals surface area contributed by atoms with Crippen molar-refractivity contribution < 1.29 is 0 Å². The highest BCUT2D eigenvalue weighted by Crippen LogP contribution is 2.30. The molecule has 0 aliphatic rings. The molecule has 0 aliphatic carbocycles. The summed E-state index contributed by atoms with van der Waals surface area (Å²) in [6.07, 6.45) is 0. The molecule has 0 spiro atoms. The second-order valence-corrected chi connectivity index (χ2v) is 6.75. The summed E-state index contributed by atoms with van der Waals surface area (Å²) in [5, 5.41) is 7.52. The minimum Gasteiger partial charge on any atom is -0.369 e. The number of rotatable bonds is 7. The molecule has 4 nitrogen and oxygen atoms in total. The molecule has 114 valence electrons. The van der Waals surface area contributed by atoms with Crippen molar-refractivity contribution in [2.45, 2.75) is 20.8 Å². The van der Waals surface area contributed by atoms with Crippen LogP contribution in [-0.2, 0) is 0 Å². The van der Waals surface area contributed by atoms with Gasteiger partial charge in [0.05, 0.1) is 10.0 Å². The van der Waals surface area contributed by atoms with Gasteiger partial charge in [0.2, 0.25) is 0 Å². The molecule has 0 aliphatic heterocycles. The maximum Gasteiger partial charge on any atom is 0.147 e. The van der Waals surface area contributed by atoms with E-state index in [0.29, 0.717) is 21.7 Å². The summed E-state index contributed by atoms with van der Waals surface area (Å²) >= 11 is 12.3. The lowest BCUT2D eigenvalue weighted by atomic mass is 9.93. The van der Waals surface area contributed by atoms with Crippen molar-refractivity contribution in [3.63, 3.8) is 0 Å². The second kappa shape index (κ2) is 7.34. The number of nitrogens with zero attached hydrogens (tertiary/aromatic N) is 2. The molecule has 1 rings (SSSR count). The minimum absolute atomic E-state index is 0.118. The number of pyridine rings is 1. The SMILES string of the molecule is CCNc1nc(NCC(C)(C)CN(C)C)c(Cl)cc1Cl. The highest BCUT2D eigenvalue weighted by atomic mass is 35.5. The van der Waals surface area contributed by atoms with Crippen LogP contribution in [0.15, 0.2) is 6.07 Å². The Morgan fingerprint density at radius 1 is 1.15 bits per heavy atom. The van der Waals surface area contributed by atoms with Gasteiger partial charge in [-0.15, -0.1) is 0 Å². The van der Waals surface area contributed by atoms with E-state index in [1.54, 1.807) is 6.07 Å². The molecule has 0 unspecified atom stereocenters. The molecule has 0 fully saturated rings. The van der Waals surface area contributed by atoms with Crippen molar-refractivity contribution in [2.75, 3.05) is 44.4 Å². The van der Waals surface area contributed by atoms with Gasteiger partial charge in [-0.1, -0.05) is 37.0 Å². The largest absolute Gasteiger partial charge is 0.369 e. The van der Waals surface area contributed by atoms with Crippen LogP contribution in [0.1, 0.15) is 20.8 Å². The van der Waals surface area contributed by atoms with Crippen LogP contribution in [0.4, 0.5) is 11.6 Å². The van der Waals surface area contributed by atoms with Gasteiger partial charge >= 0.3 is 0 Å². The highest BCUT2D eigenvalue weighted by molar-refractivity contribution is 6.37. The topological polar surface area (TPSA) is 40.2 Å².